The topological polar surface area (TPSA) is 97.6 Å². The zero-order valence-corrected chi connectivity index (χ0v) is 18.1. The van der Waals surface area contributed by atoms with E-state index in [9.17, 15) is 9.59 Å². The molecule has 2 amide bonds. The quantitative estimate of drug-likeness (QED) is 0.476. The minimum Gasteiger partial charge on any atom is -0.484 e. The highest BCUT2D eigenvalue weighted by atomic mass is 32.1. The number of rotatable bonds is 6. The normalized spacial score (nSPS) is 10.8. The number of ether oxygens (including phenoxy) is 1. The van der Waals surface area contributed by atoms with Crippen LogP contribution in [0.25, 0.3) is 16.2 Å². The van der Waals surface area contributed by atoms with Crippen molar-refractivity contribution in [3.8, 4) is 17.0 Å². The Morgan fingerprint density at radius 2 is 1.84 bits per heavy atom. The Kier molecular flexibility index (Phi) is 5.68. The van der Waals surface area contributed by atoms with Gasteiger partial charge >= 0.3 is 0 Å². The van der Waals surface area contributed by atoms with E-state index in [4.69, 9.17) is 4.74 Å². The lowest BCUT2D eigenvalue weighted by Gasteiger charge is -2.07. The van der Waals surface area contributed by atoms with E-state index in [-0.39, 0.29) is 24.4 Å². The van der Waals surface area contributed by atoms with Gasteiger partial charge in [-0.1, -0.05) is 18.2 Å². The van der Waals surface area contributed by atoms with Crippen LogP contribution in [0.4, 0.5) is 11.6 Å². The van der Waals surface area contributed by atoms with Gasteiger partial charge in [0.1, 0.15) is 5.75 Å². The van der Waals surface area contributed by atoms with E-state index in [1.54, 1.807) is 4.52 Å². The molecular weight excluding hydrogens is 414 g/mol. The van der Waals surface area contributed by atoms with Gasteiger partial charge in [-0.3, -0.25) is 14.9 Å². The second-order valence-electron chi connectivity index (χ2n) is 7.09. The number of aryl methyl sites for hydroxylation is 2. The van der Waals surface area contributed by atoms with Gasteiger partial charge in [0.15, 0.2) is 6.61 Å². The van der Waals surface area contributed by atoms with Gasteiger partial charge in [0.2, 0.25) is 10.9 Å². The standard InChI is InChI=1S/C22H21N5O3S/c1-13-4-9-18(10-14(13)2)30-11-20(29)24-21-25-22-27(26-21)19(12-31-22)16-5-7-17(8-6-16)23-15(3)28/h4-10,12H,11H2,1-3H3,(H,23,28)(H,24,26,29). The molecule has 2 N–H and O–H groups in total. The molecule has 0 spiro atoms. The SMILES string of the molecule is CC(=O)Nc1ccc(-c2csc3nc(NC(=O)COc4ccc(C)c(C)c4)nn23)cc1. The number of hydrogen-bond donors (Lipinski definition) is 2. The zero-order chi connectivity index (χ0) is 22.0. The second kappa shape index (κ2) is 8.57. The molecule has 0 saturated heterocycles. The summed E-state index contributed by atoms with van der Waals surface area (Å²) in [5.74, 6) is 0.403. The van der Waals surface area contributed by atoms with Crippen LogP contribution in [0.1, 0.15) is 18.1 Å². The predicted molar refractivity (Wildman–Crippen MR) is 121 cm³/mol. The van der Waals surface area contributed by atoms with Gasteiger partial charge in [-0.2, -0.15) is 4.98 Å². The molecule has 158 valence electrons. The summed E-state index contributed by atoms with van der Waals surface area (Å²) in [6, 6.07) is 13.1. The summed E-state index contributed by atoms with van der Waals surface area (Å²) in [7, 11) is 0. The van der Waals surface area contributed by atoms with Crippen molar-refractivity contribution in [1.82, 2.24) is 14.6 Å². The number of carbonyl (C=O) groups is 2. The van der Waals surface area contributed by atoms with Crippen molar-refractivity contribution in [3.05, 3.63) is 59.0 Å². The average molecular weight is 436 g/mol. The smallest absolute Gasteiger partial charge is 0.264 e. The van der Waals surface area contributed by atoms with E-state index in [0.29, 0.717) is 10.7 Å². The number of anilines is 2. The molecule has 9 heteroatoms. The predicted octanol–water partition coefficient (Wildman–Crippen LogP) is 4.05. The van der Waals surface area contributed by atoms with Gasteiger partial charge in [0.05, 0.1) is 5.69 Å². The maximum absolute atomic E-state index is 12.3. The Morgan fingerprint density at radius 3 is 2.55 bits per heavy atom. The second-order valence-corrected chi connectivity index (χ2v) is 7.93. The lowest BCUT2D eigenvalue weighted by Crippen LogP contribution is -2.21. The summed E-state index contributed by atoms with van der Waals surface area (Å²) in [6.07, 6.45) is 0. The molecule has 31 heavy (non-hydrogen) atoms. The third kappa shape index (κ3) is 4.72. The summed E-state index contributed by atoms with van der Waals surface area (Å²) in [4.78, 5) is 28.5. The van der Waals surface area contributed by atoms with Crippen molar-refractivity contribution in [1.29, 1.82) is 0 Å². The first-order chi connectivity index (χ1) is 14.9. The maximum atomic E-state index is 12.3. The van der Waals surface area contributed by atoms with Gasteiger partial charge in [0, 0.05) is 23.6 Å². The fourth-order valence-corrected chi connectivity index (χ4v) is 3.80. The molecule has 0 unspecified atom stereocenters. The average Bonchev–Trinajstić information content (AvgIpc) is 3.29. The number of thiazole rings is 1. The summed E-state index contributed by atoms with van der Waals surface area (Å²) >= 11 is 1.42. The summed E-state index contributed by atoms with van der Waals surface area (Å²) in [6.45, 7) is 5.35. The van der Waals surface area contributed by atoms with Crippen LogP contribution < -0.4 is 15.4 Å². The molecule has 8 nitrogen and oxygen atoms in total. The lowest BCUT2D eigenvalue weighted by atomic mass is 10.1. The Labute approximate surface area is 182 Å². The number of aromatic nitrogens is 3. The Morgan fingerprint density at radius 1 is 1.06 bits per heavy atom. The van der Waals surface area contributed by atoms with E-state index in [2.05, 4.69) is 20.7 Å². The third-order valence-electron chi connectivity index (χ3n) is 4.68. The van der Waals surface area contributed by atoms with Crippen LogP contribution in [0.15, 0.2) is 47.8 Å². The largest absolute Gasteiger partial charge is 0.484 e. The first kappa shape index (κ1) is 20.5. The molecule has 0 saturated carbocycles. The maximum Gasteiger partial charge on any atom is 0.264 e. The van der Waals surface area contributed by atoms with Crippen molar-refractivity contribution in [2.75, 3.05) is 17.2 Å². The molecule has 2 aromatic heterocycles. The number of amides is 2. The Hall–Kier alpha value is -3.72. The van der Waals surface area contributed by atoms with Gasteiger partial charge in [-0.25, -0.2) is 4.52 Å². The van der Waals surface area contributed by atoms with Gasteiger partial charge in [-0.15, -0.1) is 16.4 Å². The van der Waals surface area contributed by atoms with Gasteiger partial charge < -0.3 is 10.1 Å². The molecule has 2 aromatic carbocycles. The Balaban J connectivity index is 1.43. The van der Waals surface area contributed by atoms with Gasteiger partial charge in [0.25, 0.3) is 11.9 Å². The van der Waals surface area contributed by atoms with E-state index in [0.717, 1.165) is 22.5 Å². The van der Waals surface area contributed by atoms with Crippen molar-refractivity contribution in [2.45, 2.75) is 20.8 Å². The highest BCUT2D eigenvalue weighted by Gasteiger charge is 2.14. The van der Waals surface area contributed by atoms with E-state index >= 15 is 0 Å². The summed E-state index contributed by atoms with van der Waals surface area (Å²) in [5, 5.41) is 11.8. The van der Waals surface area contributed by atoms with Crippen LogP contribution >= 0.6 is 11.3 Å². The molecule has 0 atom stereocenters. The zero-order valence-electron chi connectivity index (χ0n) is 17.3. The van der Waals surface area contributed by atoms with E-state index < -0.39 is 0 Å². The van der Waals surface area contributed by atoms with Crippen LogP contribution in [0.5, 0.6) is 5.75 Å². The highest BCUT2D eigenvalue weighted by molar-refractivity contribution is 7.15. The molecule has 0 radical (unpaired) electrons. The van der Waals surface area contributed by atoms with Crippen molar-refractivity contribution >= 4 is 39.7 Å². The van der Waals surface area contributed by atoms with Crippen molar-refractivity contribution < 1.29 is 14.3 Å². The third-order valence-corrected chi connectivity index (χ3v) is 5.50. The van der Waals surface area contributed by atoms with Crippen LogP contribution in [-0.4, -0.2) is 33.0 Å². The van der Waals surface area contributed by atoms with Crippen LogP contribution in [-0.2, 0) is 9.59 Å². The fourth-order valence-electron chi connectivity index (χ4n) is 2.97. The van der Waals surface area contributed by atoms with E-state index in [1.807, 2.05) is 61.7 Å². The van der Waals surface area contributed by atoms with E-state index in [1.165, 1.54) is 23.8 Å². The molecule has 4 aromatic rings. The summed E-state index contributed by atoms with van der Waals surface area (Å²) in [5.41, 5.74) is 4.75. The number of nitrogens with one attached hydrogen (secondary N) is 2. The number of fused-ring (bicyclic) bond motifs is 1. The molecule has 0 aliphatic carbocycles. The lowest BCUT2D eigenvalue weighted by molar-refractivity contribution is -0.118. The molecular formula is C22H21N5O3S. The van der Waals surface area contributed by atoms with Crippen LogP contribution in [0.3, 0.4) is 0 Å². The van der Waals surface area contributed by atoms with Crippen molar-refractivity contribution in [2.24, 2.45) is 0 Å². The molecule has 0 aliphatic rings. The number of hydrogen-bond acceptors (Lipinski definition) is 6. The van der Waals surface area contributed by atoms with Crippen molar-refractivity contribution in [3.63, 3.8) is 0 Å². The van der Waals surface area contributed by atoms with Crippen LogP contribution in [0.2, 0.25) is 0 Å². The number of benzene rings is 2. The molecule has 0 aliphatic heterocycles. The summed E-state index contributed by atoms with van der Waals surface area (Å²) < 4.78 is 7.24. The number of nitrogens with zero attached hydrogens (tertiary/aromatic N) is 3. The monoisotopic (exact) mass is 435 g/mol. The number of carbonyl (C=O) groups excluding carboxylic acids is 2. The minimum absolute atomic E-state index is 0.121. The fraction of sp³-hybridized carbons (Fsp3) is 0.182. The molecule has 0 fully saturated rings. The molecule has 2 heterocycles. The minimum atomic E-state index is -0.335. The van der Waals surface area contributed by atoms with Crippen LogP contribution in [0, 0.1) is 13.8 Å². The first-order valence-electron chi connectivity index (χ1n) is 9.61. The molecule has 4 rings (SSSR count). The Bertz CT molecular complexity index is 1260. The highest BCUT2D eigenvalue weighted by Crippen LogP contribution is 2.27. The first-order valence-corrected chi connectivity index (χ1v) is 10.5. The van der Waals surface area contributed by atoms with Gasteiger partial charge in [-0.05, 0) is 49.2 Å². The molecule has 0 bridgehead atoms.